The number of hydrogen-bond acceptors (Lipinski definition) is 1. The maximum atomic E-state index is 11.9. The van der Waals surface area contributed by atoms with Crippen molar-refractivity contribution in [1.29, 1.82) is 0 Å². The zero-order chi connectivity index (χ0) is 14.6. The van der Waals surface area contributed by atoms with Crippen molar-refractivity contribution in [2.24, 2.45) is 0 Å². The fraction of sp³-hybridized carbons (Fsp3) is 0.364. The largest absolute Gasteiger partial charge is 0.405 e. The number of nitrogens with one attached hydrogen (secondary N) is 2. The van der Waals surface area contributed by atoms with Gasteiger partial charge >= 0.3 is 12.2 Å². The van der Waals surface area contributed by atoms with Crippen molar-refractivity contribution in [1.82, 2.24) is 10.6 Å². The predicted octanol–water partition coefficient (Wildman–Crippen LogP) is 3.92. The van der Waals surface area contributed by atoms with Crippen LogP contribution in [0.2, 0.25) is 10.0 Å². The molecule has 2 amide bonds. The van der Waals surface area contributed by atoms with Crippen LogP contribution in [0.3, 0.4) is 0 Å². The number of carbonyl (C=O) groups is 1. The number of halogens is 5. The highest BCUT2D eigenvalue weighted by atomic mass is 35.5. The molecule has 0 saturated heterocycles. The van der Waals surface area contributed by atoms with E-state index in [0.717, 1.165) is 0 Å². The Morgan fingerprint density at radius 3 is 2.47 bits per heavy atom. The van der Waals surface area contributed by atoms with Crippen LogP contribution in [0.5, 0.6) is 0 Å². The van der Waals surface area contributed by atoms with E-state index < -0.39 is 24.8 Å². The molecule has 0 aliphatic carbocycles. The van der Waals surface area contributed by atoms with E-state index in [4.69, 9.17) is 23.2 Å². The van der Waals surface area contributed by atoms with Gasteiger partial charge in [0.1, 0.15) is 6.54 Å². The first-order chi connectivity index (χ1) is 8.69. The second-order valence-electron chi connectivity index (χ2n) is 3.84. The van der Waals surface area contributed by atoms with Gasteiger partial charge in [-0.05, 0) is 24.6 Å². The predicted molar refractivity (Wildman–Crippen MR) is 67.5 cm³/mol. The van der Waals surface area contributed by atoms with Crippen LogP contribution >= 0.6 is 23.2 Å². The van der Waals surface area contributed by atoms with E-state index >= 15 is 0 Å². The van der Waals surface area contributed by atoms with E-state index in [0.29, 0.717) is 15.6 Å². The molecule has 1 aromatic carbocycles. The number of alkyl halides is 3. The minimum Gasteiger partial charge on any atom is -0.332 e. The van der Waals surface area contributed by atoms with Crippen molar-refractivity contribution in [3.05, 3.63) is 33.8 Å². The molecule has 106 valence electrons. The van der Waals surface area contributed by atoms with Crippen LogP contribution in [0.15, 0.2) is 18.2 Å². The molecule has 0 fully saturated rings. The van der Waals surface area contributed by atoms with E-state index in [2.05, 4.69) is 5.32 Å². The van der Waals surface area contributed by atoms with E-state index in [1.807, 2.05) is 0 Å². The first-order valence-corrected chi connectivity index (χ1v) is 6.00. The second kappa shape index (κ2) is 6.34. The van der Waals surface area contributed by atoms with Crippen LogP contribution in [0.4, 0.5) is 18.0 Å². The molecule has 1 aromatic rings. The Bertz CT molecular complexity index is 466. The molecule has 3 nitrogen and oxygen atoms in total. The fourth-order valence-corrected chi connectivity index (χ4v) is 1.60. The first-order valence-electron chi connectivity index (χ1n) is 5.25. The summed E-state index contributed by atoms with van der Waals surface area (Å²) in [5.74, 6) is 0. The Labute approximate surface area is 118 Å². The molecule has 19 heavy (non-hydrogen) atoms. The normalized spacial score (nSPS) is 12.9. The monoisotopic (exact) mass is 314 g/mol. The molecule has 0 aromatic heterocycles. The highest BCUT2D eigenvalue weighted by Gasteiger charge is 2.27. The Morgan fingerprint density at radius 1 is 1.32 bits per heavy atom. The number of urea groups is 1. The van der Waals surface area contributed by atoms with Gasteiger partial charge in [0.15, 0.2) is 0 Å². The number of hydrogen-bond donors (Lipinski definition) is 2. The maximum absolute atomic E-state index is 11.9. The van der Waals surface area contributed by atoms with Crippen molar-refractivity contribution in [2.75, 3.05) is 6.54 Å². The van der Waals surface area contributed by atoms with Gasteiger partial charge in [-0.15, -0.1) is 0 Å². The van der Waals surface area contributed by atoms with Crippen LogP contribution in [0, 0.1) is 0 Å². The topological polar surface area (TPSA) is 41.1 Å². The van der Waals surface area contributed by atoms with E-state index in [9.17, 15) is 18.0 Å². The number of amides is 2. The minimum absolute atomic E-state index is 0.309. The number of benzene rings is 1. The van der Waals surface area contributed by atoms with E-state index in [1.165, 1.54) is 0 Å². The molecule has 2 N–H and O–H groups in total. The second-order valence-corrected chi connectivity index (χ2v) is 4.65. The lowest BCUT2D eigenvalue weighted by atomic mass is 10.1. The van der Waals surface area contributed by atoms with Gasteiger partial charge in [0.05, 0.1) is 16.1 Å². The number of carbonyl (C=O) groups excluding carboxylic acids is 1. The molecule has 1 unspecified atom stereocenters. The summed E-state index contributed by atoms with van der Waals surface area (Å²) in [6, 6.07) is 3.31. The summed E-state index contributed by atoms with van der Waals surface area (Å²) >= 11 is 11.5. The fourth-order valence-electron chi connectivity index (χ4n) is 1.29. The SMILES string of the molecule is CC(NC(=O)NCC(F)(F)F)c1ccc(Cl)c(Cl)c1. The van der Waals surface area contributed by atoms with Crippen molar-refractivity contribution in [3.63, 3.8) is 0 Å². The van der Waals surface area contributed by atoms with Crippen LogP contribution < -0.4 is 10.6 Å². The third-order valence-electron chi connectivity index (χ3n) is 2.24. The summed E-state index contributed by atoms with van der Waals surface area (Å²) in [5, 5.41) is 4.75. The summed E-state index contributed by atoms with van der Waals surface area (Å²) in [5.41, 5.74) is 0.636. The van der Waals surface area contributed by atoms with Gasteiger partial charge < -0.3 is 10.6 Å². The molecule has 1 atom stereocenters. The Kier molecular flexibility index (Phi) is 5.31. The molecule has 1 rings (SSSR count). The van der Waals surface area contributed by atoms with Crippen LogP contribution in [0.25, 0.3) is 0 Å². The Morgan fingerprint density at radius 2 is 1.95 bits per heavy atom. The third-order valence-corrected chi connectivity index (χ3v) is 2.98. The lowest BCUT2D eigenvalue weighted by molar-refractivity contribution is -0.122. The van der Waals surface area contributed by atoms with Gasteiger partial charge in [-0.3, -0.25) is 0 Å². The molecule has 0 bridgehead atoms. The van der Waals surface area contributed by atoms with Gasteiger partial charge in [-0.2, -0.15) is 13.2 Å². The third kappa shape index (κ3) is 5.57. The van der Waals surface area contributed by atoms with Crippen molar-refractivity contribution in [3.8, 4) is 0 Å². The highest BCUT2D eigenvalue weighted by molar-refractivity contribution is 6.42. The van der Waals surface area contributed by atoms with Gasteiger partial charge in [0.2, 0.25) is 0 Å². The van der Waals surface area contributed by atoms with Gasteiger partial charge in [0.25, 0.3) is 0 Å². The molecule has 0 aliphatic heterocycles. The van der Waals surface area contributed by atoms with Crippen molar-refractivity contribution < 1.29 is 18.0 Å². The van der Waals surface area contributed by atoms with Gasteiger partial charge in [0, 0.05) is 0 Å². The molecular weight excluding hydrogens is 304 g/mol. The minimum atomic E-state index is -4.44. The Hall–Kier alpha value is -1.14. The summed E-state index contributed by atoms with van der Waals surface area (Å²) in [6.45, 7) is 0.236. The average Bonchev–Trinajstić information content (AvgIpc) is 2.29. The average molecular weight is 315 g/mol. The maximum Gasteiger partial charge on any atom is 0.405 e. The molecular formula is C11H11Cl2F3N2O. The van der Waals surface area contributed by atoms with Crippen LogP contribution in [0.1, 0.15) is 18.5 Å². The quantitative estimate of drug-likeness (QED) is 0.872. The zero-order valence-electron chi connectivity index (χ0n) is 9.81. The lowest BCUT2D eigenvalue weighted by Crippen LogP contribution is -2.41. The standard InChI is InChI=1S/C11H11Cl2F3N2O/c1-6(7-2-3-8(12)9(13)4-7)18-10(19)17-5-11(14,15)16/h2-4,6H,5H2,1H3,(H2,17,18,19). The molecule has 0 heterocycles. The lowest BCUT2D eigenvalue weighted by Gasteiger charge is -2.16. The van der Waals surface area contributed by atoms with E-state index in [1.54, 1.807) is 30.4 Å². The molecule has 0 aliphatic rings. The highest BCUT2D eigenvalue weighted by Crippen LogP contribution is 2.25. The molecule has 0 spiro atoms. The van der Waals surface area contributed by atoms with E-state index in [-0.39, 0.29) is 0 Å². The summed E-state index contributed by atoms with van der Waals surface area (Å²) in [4.78, 5) is 11.2. The smallest absolute Gasteiger partial charge is 0.332 e. The number of rotatable bonds is 3. The summed E-state index contributed by atoms with van der Waals surface area (Å²) in [7, 11) is 0. The molecule has 0 saturated carbocycles. The first kappa shape index (κ1) is 15.9. The zero-order valence-corrected chi connectivity index (χ0v) is 11.3. The van der Waals surface area contributed by atoms with Gasteiger partial charge in [-0.25, -0.2) is 4.79 Å². The van der Waals surface area contributed by atoms with Crippen LogP contribution in [-0.2, 0) is 0 Å². The molecule has 8 heteroatoms. The summed E-state index contributed by atoms with van der Waals surface area (Å²) < 4.78 is 35.7. The molecule has 0 radical (unpaired) electrons. The Balaban J connectivity index is 2.56. The van der Waals surface area contributed by atoms with Gasteiger partial charge in [-0.1, -0.05) is 29.3 Å². The van der Waals surface area contributed by atoms with Crippen molar-refractivity contribution >= 4 is 29.2 Å². The van der Waals surface area contributed by atoms with Crippen LogP contribution in [-0.4, -0.2) is 18.8 Å². The summed E-state index contributed by atoms with van der Waals surface area (Å²) in [6.07, 6.45) is -4.44. The van der Waals surface area contributed by atoms with Crippen molar-refractivity contribution in [2.45, 2.75) is 19.1 Å².